The average molecular weight is 334 g/mol. The van der Waals surface area contributed by atoms with Crippen molar-refractivity contribution in [2.75, 3.05) is 7.11 Å². The van der Waals surface area contributed by atoms with Crippen molar-refractivity contribution in [3.63, 3.8) is 0 Å². The summed E-state index contributed by atoms with van der Waals surface area (Å²) in [6.07, 6.45) is 0. The molecular weight excluding hydrogens is 314 g/mol. The second kappa shape index (κ2) is 6.91. The summed E-state index contributed by atoms with van der Waals surface area (Å²) in [6, 6.07) is 17.0. The largest absolute Gasteiger partial charge is 0.496 e. The topological polar surface area (TPSA) is 21.3 Å². The number of halogens is 1. The first-order valence-corrected chi connectivity index (χ1v) is 7.55. The van der Waals surface area contributed by atoms with Gasteiger partial charge in [0.1, 0.15) is 5.75 Å². The van der Waals surface area contributed by atoms with E-state index in [0.717, 1.165) is 10.2 Å². The normalized spacial score (nSPS) is 13.8. The van der Waals surface area contributed by atoms with Gasteiger partial charge < -0.3 is 10.1 Å². The van der Waals surface area contributed by atoms with E-state index in [-0.39, 0.29) is 12.1 Å². The molecule has 0 spiro atoms. The number of hydrogen-bond acceptors (Lipinski definition) is 2. The van der Waals surface area contributed by atoms with E-state index in [4.69, 9.17) is 4.74 Å². The zero-order valence-corrected chi connectivity index (χ0v) is 13.6. The highest BCUT2D eigenvalue weighted by atomic mass is 79.9. The molecule has 2 nitrogen and oxygen atoms in total. The zero-order chi connectivity index (χ0) is 14.5. The summed E-state index contributed by atoms with van der Waals surface area (Å²) in [5.74, 6) is 0.925. The lowest BCUT2D eigenvalue weighted by molar-refractivity contribution is 0.396. The van der Waals surface area contributed by atoms with Crippen LogP contribution in [0.25, 0.3) is 0 Å². The molecule has 0 aliphatic carbocycles. The number of hydrogen-bond donors (Lipinski definition) is 1. The third-order valence-corrected chi connectivity index (χ3v) is 3.95. The van der Waals surface area contributed by atoms with E-state index in [1.807, 2.05) is 24.3 Å². The molecule has 0 radical (unpaired) electrons. The first-order chi connectivity index (χ1) is 9.61. The van der Waals surface area contributed by atoms with Crippen LogP contribution in [-0.2, 0) is 0 Å². The standard InChI is InChI=1S/C17H20BrNO/c1-12(14-7-6-8-15(18)11-14)19-13(2)16-9-4-5-10-17(16)20-3/h4-13,19H,1-3H3/t12-,13?/m0/s1. The summed E-state index contributed by atoms with van der Waals surface area (Å²) in [4.78, 5) is 0. The molecule has 1 unspecified atom stereocenters. The molecule has 20 heavy (non-hydrogen) atoms. The molecule has 0 bridgehead atoms. The molecule has 1 N–H and O–H groups in total. The summed E-state index contributed by atoms with van der Waals surface area (Å²) in [7, 11) is 1.71. The van der Waals surface area contributed by atoms with E-state index >= 15 is 0 Å². The maximum atomic E-state index is 5.43. The van der Waals surface area contributed by atoms with Crippen molar-refractivity contribution in [1.29, 1.82) is 0 Å². The van der Waals surface area contributed by atoms with Gasteiger partial charge in [0, 0.05) is 22.1 Å². The van der Waals surface area contributed by atoms with Gasteiger partial charge in [-0.15, -0.1) is 0 Å². The molecule has 0 fully saturated rings. The fraction of sp³-hybridized carbons (Fsp3) is 0.294. The number of methoxy groups -OCH3 is 1. The Labute approximate surface area is 129 Å². The fourth-order valence-electron chi connectivity index (χ4n) is 2.36. The molecule has 0 saturated heterocycles. The Balaban J connectivity index is 2.13. The highest BCUT2D eigenvalue weighted by molar-refractivity contribution is 9.10. The van der Waals surface area contributed by atoms with Crippen molar-refractivity contribution < 1.29 is 4.74 Å². The number of nitrogens with one attached hydrogen (secondary N) is 1. The van der Waals surface area contributed by atoms with Gasteiger partial charge in [-0.2, -0.15) is 0 Å². The molecule has 0 amide bonds. The van der Waals surface area contributed by atoms with E-state index < -0.39 is 0 Å². The number of benzene rings is 2. The van der Waals surface area contributed by atoms with Crippen LogP contribution in [0.3, 0.4) is 0 Å². The molecule has 0 saturated carbocycles. The van der Waals surface area contributed by atoms with Gasteiger partial charge in [-0.05, 0) is 37.6 Å². The van der Waals surface area contributed by atoms with E-state index in [1.165, 1.54) is 11.1 Å². The van der Waals surface area contributed by atoms with Gasteiger partial charge in [-0.25, -0.2) is 0 Å². The van der Waals surface area contributed by atoms with Crippen molar-refractivity contribution in [2.45, 2.75) is 25.9 Å². The molecule has 0 aliphatic heterocycles. The summed E-state index contributed by atoms with van der Waals surface area (Å²) >= 11 is 3.52. The SMILES string of the molecule is COc1ccccc1C(C)N[C@@H](C)c1cccc(Br)c1. The predicted octanol–water partition coefficient (Wildman–Crippen LogP) is 4.87. The average Bonchev–Trinajstić information content (AvgIpc) is 2.47. The Hall–Kier alpha value is -1.32. The molecule has 0 aromatic heterocycles. The summed E-state index contributed by atoms with van der Waals surface area (Å²) < 4.78 is 6.53. The smallest absolute Gasteiger partial charge is 0.123 e. The molecule has 106 valence electrons. The van der Waals surface area contributed by atoms with Gasteiger partial charge >= 0.3 is 0 Å². The van der Waals surface area contributed by atoms with Crippen molar-refractivity contribution in [1.82, 2.24) is 5.32 Å². The maximum Gasteiger partial charge on any atom is 0.123 e. The Bertz CT molecular complexity index is 570. The number of rotatable bonds is 5. The van der Waals surface area contributed by atoms with Crippen LogP contribution in [0.5, 0.6) is 5.75 Å². The highest BCUT2D eigenvalue weighted by Crippen LogP contribution is 2.27. The maximum absolute atomic E-state index is 5.43. The predicted molar refractivity (Wildman–Crippen MR) is 87.1 cm³/mol. The Kier molecular flexibility index (Phi) is 5.21. The number of ether oxygens (including phenoxy) is 1. The van der Waals surface area contributed by atoms with Crippen LogP contribution in [0, 0.1) is 0 Å². The molecule has 0 heterocycles. The monoisotopic (exact) mass is 333 g/mol. The third kappa shape index (κ3) is 3.62. The van der Waals surface area contributed by atoms with Crippen LogP contribution in [0.1, 0.15) is 37.1 Å². The lowest BCUT2D eigenvalue weighted by Gasteiger charge is -2.22. The van der Waals surface area contributed by atoms with Gasteiger partial charge in [0.05, 0.1) is 7.11 Å². The van der Waals surface area contributed by atoms with E-state index in [0.29, 0.717) is 0 Å². The van der Waals surface area contributed by atoms with Crippen molar-refractivity contribution in [3.05, 3.63) is 64.1 Å². The Morgan fingerprint density at radius 2 is 1.75 bits per heavy atom. The van der Waals surface area contributed by atoms with Gasteiger partial charge in [0.15, 0.2) is 0 Å². The lowest BCUT2D eigenvalue weighted by Crippen LogP contribution is -2.22. The molecular formula is C17H20BrNO. The van der Waals surface area contributed by atoms with E-state index in [2.05, 4.69) is 59.4 Å². The molecule has 2 atom stereocenters. The van der Waals surface area contributed by atoms with Gasteiger partial charge in [-0.3, -0.25) is 0 Å². The van der Waals surface area contributed by atoms with Crippen molar-refractivity contribution >= 4 is 15.9 Å². The summed E-state index contributed by atoms with van der Waals surface area (Å²) in [5.41, 5.74) is 2.44. The number of para-hydroxylation sites is 1. The quantitative estimate of drug-likeness (QED) is 0.842. The third-order valence-electron chi connectivity index (χ3n) is 3.45. The molecule has 2 aromatic carbocycles. The second-order valence-electron chi connectivity index (χ2n) is 4.91. The first kappa shape index (κ1) is 15.1. The van der Waals surface area contributed by atoms with Gasteiger partial charge in [0.2, 0.25) is 0 Å². The van der Waals surface area contributed by atoms with Crippen molar-refractivity contribution in [3.8, 4) is 5.75 Å². The van der Waals surface area contributed by atoms with Gasteiger partial charge in [0.25, 0.3) is 0 Å². The summed E-state index contributed by atoms with van der Waals surface area (Å²) in [6.45, 7) is 4.33. The van der Waals surface area contributed by atoms with Crippen LogP contribution >= 0.6 is 15.9 Å². The zero-order valence-electron chi connectivity index (χ0n) is 12.1. The first-order valence-electron chi connectivity index (χ1n) is 6.76. The summed E-state index contributed by atoms with van der Waals surface area (Å²) in [5, 5.41) is 3.61. The fourth-order valence-corrected chi connectivity index (χ4v) is 2.78. The van der Waals surface area contributed by atoms with E-state index in [1.54, 1.807) is 7.11 Å². The van der Waals surface area contributed by atoms with E-state index in [9.17, 15) is 0 Å². The minimum Gasteiger partial charge on any atom is -0.496 e. The molecule has 0 aliphatic rings. The van der Waals surface area contributed by atoms with Gasteiger partial charge in [-0.1, -0.05) is 46.3 Å². The minimum atomic E-state index is 0.222. The molecule has 2 rings (SSSR count). The van der Waals surface area contributed by atoms with Crippen LogP contribution in [0.15, 0.2) is 53.0 Å². The Morgan fingerprint density at radius 1 is 1.00 bits per heavy atom. The minimum absolute atomic E-state index is 0.222. The second-order valence-corrected chi connectivity index (χ2v) is 5.82. The van der Waals surface area contributed by atoms with Crippen LogP contribution in [0.2, 0.25) is 0 Å². The van der Waals surface area contributed by atoms with Crippen LogP contribution in [0.4, 0.5) is 0 Å². The van der Waals surface area contributed by atoms with Crippen LogP contribution < -0.4 is 10.1 Å². The lowest BCUT2D eigenvalue weighted by atomic mass is 10.0. The van der Waals surface area contributed by atoms with Crippen LogP contribution in [-0.4, -0.2) is 7.11 Å². The molecule has 3 heteroatoms. The van der Waals surface area contributed by atoms with Crippen molar-refractivity contribution in [2.24, 2.45) is 0 Å². The highest BCUT2D eigenvalue weighted by Gasteiger charge is 2.14. The Morgan fingerprint density at radius 3 is 2.45 bits per heavy atom. The molecule has 2 aromatic rings.